The van der Waals surface area contributed by atoms with Crippen molar-refractivity contribution < 1.29 is 8.42 Å². The summed E-state index contributed by atoms with van der Waals surface area (Å²) in [6, 6.07) is 0. The molecule has 0 radical (unpaired) electrons. The summed E-state index contributed by atoms with van der Waals surface area (Å²) in [6.45, 7) is 6.64. The third kappa shape index (κ3) is 2.71. The summed E-state index contributed by atoms with van der Waals surface area (Å²) in [5.74, 6) is 0.585. The van der Waals surface area contributed by atoms with E-state index in [9.17, 15) is 8.42 Å². The average Bonchev–Trinajstić information content (AvgIpc) is 2.22. The molecule has 0 unspecified atom stereocenters. The molecule has 0 spiro atoms. The zero-order valence-electron chi connectivity index (χ0n) is 9.70. The molecule has 1 heterocycles. The third-order valence-corrected chi connectivity index (χ3v) is 5.22. The summed E-state index contributed by atoms with van der Waals surface area (Å²) < 4.78 is 22.8. The largest absolute Gasteiger partial charge is 0.329 e. The fourth-order valence-electron chi connectivity index (χ4n) is 2.46. The fraction of sp³-hybridized carbons (Fsp3) is 1.00. The lowest BCUT2D eigenvalue weighted by molar-refractivity contribution is 0.0950. The first-order valence-electron chi connectivity index (χ1n) is 5.65. The van der Waals surface area contributed by atoms with E-state index < -0.39 is 9.84 Å². The van der Waals surface area contributed by atoms with Crippen LogP contribution in [0, 0.1) is 0 Å². The number of rotatable bonds is 4. The Balaban J connectivity index is 2.80. The maximum absolute atomic E-state index is 11.4. The molecule has 1 aliphatic heterocycles. The number of sulfone groups is 1. The highest BCUT2D eigenvalue weighted by Crippen LogP contribution is 2.28. The van der Waals surface area contributed by atoms with E-state index in [1.165, 1.54) is 0 Å². The summed E-state index contributed by atoms with van der Waals surface area (Å²) in [6.07, 6.45) is 1.38. The van der Waals surface area contributed by atoms with Gasteiger partial charge in [-0.25, -0.2) is 8.42 Å². The lowest BCUT2D eigenvalue weighted by atomic mass is 9.90. The standard InChI is InChI=1S/C10H22N2O2S/c1-3-12(4-2)10(9-11)5-7-15(13,14)8-6-10/h3-9,11H2,1-2H3. The highest BCUT2D eigenvalue weighted by Gasteiger charge is 2.39. The summed E-state index contributed by atoms with van der Waals surface area (Å²) >= 11 is 0. The molecule has 1 fully saturated rings. The smallest absolute Gasteiger partial charge is 0.150 e. The Morgan fingerprint density at radius 2 is 1.67 bits per heavy atom. The molecule has 1 saturated heterocycles. The zero-order chi connectivity index (χ0) is 11.5. The van der Waals surface area contributed by atoms with E-state index in [1.807, 2.05) is 0 Å². The predicted molar refractivity (Wildman–Crippen MR) is 62.6 cm³/mol. The molecule has 0 aliphatic carbocycles. The van der Waals surface area contributed by atoms with Gasteiger partial charge in [0, 0.05) is 12.1 Å². The molecule has 1 aliphatic rings. The van der Waals surface area contributed by atoms with Gasteiger partial charge in [-0.05, 0) is 25.9 Å². The first-order chi connectivity index (χ1) is 6.99. The van der Waals surface area contributed by atoms with Gasteiger partial charge in [-0.3, -0.25) is 4.90 Å². The molecule has 15 heavy (non-hydrogen) atoms. The van der Waals surface area contributed by atoms with Crippen LogP contribution in [0.2, 0.25) is 0 Å². The molecule has 0 aromatic rings. The predicted octanol–water partition coefficient (Wildman–Crippen LogP) is 0.234. The van der Waals surface area contributed by atoms with Crippen LogP contribution in [0.1, 0.15) is 26.7 Å². The van der Waals surface area contributed by atoms with Crippen molar-refractivity contribution in [1.29, 1.82) is 0 Å². The molecule has 0 saturated carbocycles. The molecule has 4 nitrogen and oxygen atoms in total. The minimum atomic E-state index is -2.80. The van der Waals surface area contributed by atoms with Crippen LogP contribution in [-0.2, 0) is 9.84 Å². The first kappa shape index (κ1) is 12.9. The van der Waals surface area contributed by atoms with E-state index in [4.69, 9.17) is 5.73 Å². The maximum Gasteiger partial charge on any atom is 0.150 e. The van der Waals surface area contributed by atoms with Crippen LogP contribution in [0.15, 0.2) is 0 Å². The van der Waals surface area contributed by atoms with Crippen molar-refractivity contribution in [1.82, 2.24) is 4.90 Å². The Kier molecular flexibility index (Phi) is 4.14. The Bertz CT molecular complexity index is 283. The topological polar surface area (TPSA) is 63.4 Å². The van der Waals surface area contributed by atoms with Gasteiger partial charge < -0.3 is 5.73 Å². The summed E-state index contributed by atoms with van der Waals surface area (Å²) in [4.78, 5) is 2.31. The van der Waals surface area contributed by atoms with E-state index in [0.717, 1.165) is 13.1 Å². The van der Waals surface area contributed by atoms with Crippen molar-refractivity contribution in [3.63, 3.8) is 0 Å². The van der Waals surface area contributed by atoms with E-state index >= 15 is 0 Å². The molecule has 90 valence electrons. The summed E-state index contributed by atoms with van der Waals surface area (Å²) in [5, 5.41) is 0. The van der Waals surface area contributed by atoms with Crippen LogP contribution in [-0.4, -0.2) is 50.0 Å². The zero-order valence-corrected chi connectivity index (χ0v) is 10.5. The van der Waals surface area contributed by atoms with Gasteiger partial charge in [0.05, 0.1) is 11.5 Å². The number of nitrogens with two attached hydrogens (primary N) is 1. The molecule has 0 amide bonds. The van der Waals surface area contributed by atoms with Crippen molar-refractivity contribution in [2.24, 2.45) is 5.73 Å². The van der Waals surface area contributed by atoms with E-state index in [2.05, 4.69) is 18.7 Å². The summed E-state index contributed by atoms with van der Waals surface area (Å²) in [5.41, 5.74) is 5.77. The van der Waals surface area contributed by atoms with Crippen LogP contribution in [0.4, 0.5) is 0 Å². The Morgan fingerprint density at radius 3 is 2.00 bits per heavy atom. The SMILES string of the molecule is CCN(CC)C1(CN)CCS(=O)(=O)CC1. The van der Waals surface area contributed by atoms with Crippen LogP contribution < -0.4 is 5.73 Å². The van der Waals surface area contributed by atoms with Crippen molar-refractivity contribution in [2.75, 3.05) is 31.1 Å². The maximum atomic E-state index is 11.4. The minimum absolute atomic E-state index is 0.0746. The Morgan fingerprint density at radius 1 is 1.20 bits per heavy atom. The molecule has 0 aromatic heterocycles. The van der Waals surface area contributed by atoms with Crippen molar-refractivity contribution in [2.45, 2.75) is 32.2 Å². The lowest BCUT2D eigenvalue weighted by Crippen LogP contribution is -2.57. The van der Waals surface area contributed by atoms with Crippen LogP contribution >= 0.6 is 0 Å². The Hall–Kier alpha value is -0.130. The second-order valence-corrected chi connectivity index (χ2v) is 6.56. The molecule has 0 bridgehead atoms. The van der Waals surface area contributed by atoms with E-state index in [-0.39, 0.29) is 5.54 Å². The third-order valence-electron chi connectivity index (χ3n) is 3.57. The lowest BCUT2D eigenvalue weighted by Gasteiger charge is -2.45. The normalized spacial score (nSPS) is 24.3. The number of nitrogens with zero attached hydrogens (tertiary/aromatic N) is 1. The van der Waals surface area contributed by atoms with Crippen LogP contribution in [0.3, 0.4) is 0 Å². The van der Waals surface area contributed by atoms with Crippen molar-refractivity contribution >= 4 is 9.84 Å². The monoisotopic (exact) mass is 234 g/mol. The molecule has 0 atom stereocenters. The first-order valence-corrected chi connectivity index (χ1v) is 7.47. The number of hydrogen-bond donors (Lipinski definition) is 1. The second-order valence-electron chi connectivity index (χ2n) is 4.25. The highest BCUT2D eigenvalue weighted by atomic mass is 32.2. The van der Waals surface area contributed by atoms with Gasteiger partial charge >= 0.3 is 0 Å². The molecular formula is C10H22N2O2S. The van der Waals surface area contributed by atoms with E-state index in [1.54, 1.807) is 0 Å². The number of likely N-dealkylation sites (N-methyl/N-ethyl adjacent to an activating group) is 1. The van der Waals surface area contributed by atoms with Crippen LogP contribution in [0.25, 0.3) is 0 Å². The van der Waals surface area contributed by atoms with Gasteiger partial charge in [0.1, 0.15) is 9.84 Å². The fourth-order valence-corrected chi connectivity index (χ4v) is 4.05. The molecule has 5 heteroatoms. The van der Waals surface area contributed by atoms with Crippen molar-refractivity contribution in [3.05, 3.63) is 0 Å². The average molecular weight is 234 g/mol. The van der Waals surface area contributed by atoms with Crippen LogP contribution in [0.5, 0.6) is 0 Å². The Labute approximate surface area is 92.7 Å². The molecule has 0 aromatic carbocycles. The van der Waals surface area contributed by atoms with Gasteiger partial charge in [0.2, 0.25) is 0 Å². The molecular weight excluding hydrogens is 212 g/mol. The van der Waals surface area contributed by atoms with Gasteiger partial charge in [0.15, 0.2) is 0 Å². The summed E-state index contributed by atoms with van der Waals surface area (Å²) in [7, 11) is -2.80. The second kappa shape index (κ2) is 4.80. The van der Waals surface area contributed by atoms with Crippen molar-refractivity contribution in [3.8, 4) is 0 Å². The number of hydrogen-bond acceptors (Lipinski definition) is 4. The molecule has 1 rings (SSSR count). The van der Waals surface area contributed by atoms with E-state index in [0.29, 0.717) is 30.9 Å². The van der Waals surface area contributed by atoms with Gasteiger partial charge in [0.25, 0.3) is 0 Å². The minimum Gasteiger partial charge on any atom is -0.329 e. The highest BCUT2D eigenvalue weighted by molar-refractivity contribution is 7.91. The van der Waals surface area contributed by atoms with Gasteiger partial charge in [-0.1, -0.05) is 13.8 Å². The quantitative estimate of drug-likeness (QED) is 0.756. The molecule has 2 N–H and O–H groups in total. The van der Waals surface area contributed by atoms with Gasteiger partial charge in [-0.2, -0.15) is 0 Å². The van der Waals surface area contributed by atoms with Gasteiger partial charge in [-0.15, -0.1) is 0 Å².